The topological polar surface area (TPSA) is 171 Å². The molecule has 0 radical (unpaired) electrons. The van der Waals surface area contributed by atoms with E-state index in [1.807, 2.05) is 26.2 Å². The third-order valence-corrected chi connectivity index (χ3v) is 6.85. The van der Waals surface area contributed by atoms with Crippen molar-refractivity contribution in [1.29, 1.82) is 0 Å². The lowest BCUT2D eigenvalue weighted by Crippen LogP contribution is -2.57. The lowest BCUT2D eigenvalue weighted by Gasteiger charge is -2.26. The van der Waals surface area contributed by atoms with Gasteiger partial charge >= 0.3 is 5.97 Å². The second-order valence-electron chi connectivity index (χ2n) is 10.1. The molecule has 2 aromatic carbocycles. The van der Waals surface area contributed by atoms with Crippen LogP contribution in [0.5, 0.6) is 5.75 Å². The van der Waals surface area contributed by atoms with Crippen molar-refractivity contribution in [1.82, 2.24) is 16.0 Å². The third-order valence-electron chi connectivity index (χ3n) is 6.21. The maximum Gasteiger partial charge on any atom is 0.326 e. The molecule has 0 spiro atoms. The van der Waals surface area contributed by atoms with Gasteiger partial charge in [-0.2, -0.15) is 11.8 Å². The van der Waals surface area contributed by atoms with Crippen LogP contribution in [-0.4, -0.2) is 70.1 Å². The molecule has 0 saturated heterocycles. The summed E-state index contributed by atoms with van der Waals surface area (Å²) >= 11 is 1.49. The zero-order valence-electron chi connectivity index (χ0n) is 23.1. The molecular formula is C29H40N4O6S. The standard InChI is InChI=1S/C29H40N4O6S/c1-18(2)15-24(32-26(35)22(30)16-20-9-11-21(34)12-10-20)28(37)31-23(13-14-40-3)27(36)33-25(29(38)39)17-19-7-5-4-6-8-19/h4-12,18,22-25,34H,13-17,30H2,1-3H3,(H,31,37)(H,32,35)(H,33,36)(H,38,39). The summed E-state index contributed by atoms with van der Waals surface area (Å²) in [5, 5.41) is 27.2. The van der Waals surface area contributed by atoms with Crippen molar-refractivity contribution in [2.24, 2.45) is 11.7 Å². The number of hydrogen-bond donors (Lipinski definition) is 6. The first kappa shape index (κ1) is 32.6. The number of aliphatic carboxylic acids is 1. The summed E-state index contributed by atoms with van der Waals surface area (Å²) in [6.07, 6.45) is 2.75. The number of phenols is 1. The maximum absolute atomic E-state index is 13.3. The molecule has 11 heteroatoms. The van der Waals surface area contributed by atoms with Gasteiger partial charge in [0, 0.05) is 6.42 Å². The van der Waals surface area contributed by atoms with Crippen LogP contribution in [0.15, 0.2) is 54.6 Å². The molecule has 2 rings (SSSR count). The first-order valence-electron chi connectivity index (χ1n) is 13.2. The summed E-state index contributed by atoms with van der Waals surface area (Å²) in [6, 6.07) is 11.2. The molecule has 0 fully saturated rings. The number of carboxylic acids is 1. The van der Waals surface area contributed by atoms with Crippen LogP contribution in [0.25, 0.3) is 0 Å². The fraction of sp³-hybridized carbons (Fsp3) is 0.448. The Morgan fingerprint density at radius 2 is 1.35 bits per heavy atom. The van der Waals surface area contributed by atoms with Gasteiger partial charge in [-0.15, -0.1) is 0 Å². The molecule has 2 aromatic rings. The Hall–Kier alpha value is -3.57. The number of carbonyl (C=O) groups is 4. The Morgan fingerprint density at radius 3 is 1.93 bits per heavy atom. The molecule has 40 heavy (non-hydrogen) atoms. The second kappa shape index (κ2) is 16.5. The van der Waals surface area contributed by atoms with E-state index < -0.39 is 47.9 Å². The van der Waals surface area contributed by atoms with Crippen LogP contribution < -0.4 is 21.7 Å². The van der Waals surface area contributed by atoms with Gasteiger partial charge in [0.25, 0.3) is 0 Å². The monoisotopic (exact) mass is 572 g/mol. The van der Waals surface area contributed by atoms with Gasteiger partial charge in [-0.1, -0.05) is 56.3 Å². The van der Waals surface area contributed by atoms with Crippen molar-refractivity contribution >= 4 is 35.5 Å². The van der Waals surface area contributed by atoms with Crippen molar-refractivity contribution in [2.75, 3.05) is 12.0 Å². The Morgan fingerprint density at radius 1 is 0.800 bits per heavy atom. The number of phenolic OH excluding ortho intramolecular Hbond substituents is 1. The number of aromatic hydroxyl groups is 1. The van der Waals surface area contributed by atoms with Crippen LogP contribution in [-0.2, 0) is 32.0 Å². The lowest BCUT2D eigenvalue weighted by molar-refractivity contribution is -0.142. The highest BCUT2D eigenvalue weighted by Gasteiger charge is 2.30. The summed E-state index contributed by atoms with van der Waals surface area (Å²) in [5.74, 6) is -2.16. The molecule has 0 aromatic heterocycles. The van der Waals surface area contributed by atoms with Crippen LogP contribution in [0.2, 0.25) is 0 Å². The summed E-state index contributed by atoms with van der Waals surface area (Å²) in [5.41, 5.74) is 7.60. The summed E-state index contributed by atoms with van der Waals surface area (Å²) in [4.78, 5) is 51.3. The third kappa shape index (κ3) is 11.3. The average Bonchev–Trinajstić information content (AvgIpc) is 2.91. The van der Waals surface area contributed by atoms with Gasteiger partial charge in [0.1, 0.15) is 23.9 Å². The van der Waals surface area contributed by atoms with E-state index in [9.17, 15) is 29.4 Å². The summed E-state index contributed by atoms with van der Waals surface area (Å²) in [6.45, 7) is 3.81. The molecular weight excluding hydrogens is 532 g/mol. The number of amides is 3. The Kier molecular flexibility index (Phi) is 13.5. The van der Waals surface area contributed by atoms with Crippen LogP contribution in [0.3, 0.4) is 0 Å². The number of hydrogen-bond acceptors (Lipinski definition) is 7. The van der Waals surface area contributed by atoms with Gasteiger partial charge in [0.2, 0.25) is 17.7 Å². The number of carbonyl (C=O) groups excluding carboxylic acids is 3. The molecule has 7 N–H and O–H groups in total. The predicted octanol–water partition coefficient (Wildman–Crippen LogP) is 1.84. The first-order valence-corrected chi connectivity index (χ1v) is 14.6. The quantitative estimate of drug-likeness (QED) is 0.177. The van der Waals surface area contributed by atoms with Gasteiger partial charge in [-0.3, -0.25) is 14.4 Å². The predicted molar refractivity (Wildman–Crippen MR) is 156 cm³/mol. The van der Waals surface area contributed by atoms with E-state index in [2.05, 4.69) is 16.0 Å². The maximum atomic E-state index is 13.3. The largest absolute Gasteiger partial charge is 0.508 e. The van der Waals surface area contributed by atoms with Crippen molar-refractivity contribution in [3.63, 3.8) is 0 Å². The fourth-order valence-corrected chi connectivity index (χ4v) is 4.53. The molecule has 0 aliphatic heterocycles. The molecule has 3 amide bonds. The minimum absolute atomic E-state index is 0.0464. The minimum Gasteiger partial charge on any atom is -0.508 e. The highest BCUT2D eigenvalue weighted by molar-refractivity contribution is 7.98. The molecule has 0 saturated carbocycles. The van der Waals surface area contributed by atoms with E-state index in [1.165, 1.54) is 23.9 Å². The number of thioether (sulfide) groups is 1. The number of nitrogens with two attached hydrogens (primary N) is 1. The molecule has 0 heterocycles. The van der Waals surface area contributed by atoms with E-state index in [4.69, 9.17) is 5.73 Å². The van der Waals surface area contributed by atoms with Gasteiger partial charge in [-0.25, -0.2) is 4.79 Å². The van der Waals surface area contributed by atoms with Crippen molar-refractivity contribution < 1.29 is 29.4 Å². The second-order valence-corrected chi connectivity index (χ2v) is 11.1. The van der Waals surface area contributed by atoms with Crippen LogP contribution in [0, 0.1) is 5.92 Å². The van der Waals surface area contributed by atoms with Crippen molar-refractivity contribution in [3.05, 3.63) is 65.7 Å². The molecule has 0 aliphatic rings. The van der Waals surface area contributed by atoms with Gasteiger partial charge < -0.3 is 31.9 Å². The Balaban J connectivity index is 2.11. The molecule has 4 atom stereocenters. The average molecular weight is 573 g/mol. The van der Waals surface area contributed by atoms with E-state index in [0.29, 0.717) is 12.2 Å². The highest BCUT2D eigenvalue weighted by atomic mass is 32.2. The molecule has 0 bridgehead atoms. The smallest absolute Gasteiger partial charge is 0.326 e. The zero-order chi connectivity index (χ0) is 29.7. The Bertz CT molecular complexity index is 1110. The molecule has 0 aliphatic carbocycles. The van der Waals surface area contributed by atoms with E-state index in [0.717, 1.165) is 11.1 Å². The minimum atomic E-state index is -1.18. The molecule has 4 unspecified atom stereocenters. The van der Waals surface area contributed by atoms with Crippen molar-refractivity contribution in [2.45, 2.75) is 63.7 Å². The lowest BCUT2D eigenvalue weighted by atomic mass is 10.0. The number of nitrogens with one attached hydrogen (secondary N) is 3. The summed E-state index contributed by atoms with van der Waals surface area (Å²) < 4.78 is 0. The van der Waals surface area contributed by atoms with E-state index >= 15 is 0 Å². The van der Waals surface area contributed by atoms with Gasteiger partial charge in [0.15, 0.2) is 0 Å². The highest BCUT2D eigenvalue weighted by Crippen LogP contribution is 2.12. The van der Waals surface area contributed by atoms with Gasteiger partial charge in [0.05, 0.1) is 6.04 Å². The number of benzene rings is 2. The zero-order valence-corrected chi connectivity index (χ0v) is 23.9. The molecule has 218 valence electrons. The molecule has 10 nitrogen and oxygen atoms in total. The van der Waals surface area contributed by atoms with Crippen LogP contribution in [0.1, 0.15) is 37.8 Å². The SMILES string of the molecule is CSCCC(NC(=O)C(CC(C)C)NC(=O)C(N)Cc1ccc(O)cc1)C(=O)NC(Cc1ccccc1)C(=O)O. The Labute approximate surface area is 239 Å². The number of rotatable bonds is 16. The van der Waals surface area contributed by atoms with Crippen LogP contribution >= 0.6 is 11.8 Å². The summed E-state index contributed by atoms with van der Waals surface area (Å²) in [7, 11) is 0. The van der Waals surface area contributed by atoms with E-state index in [-0.39, 0.29) is 30.9 Å². The first-order chi connectivity index (χ1) is 19.0. The number of carboxylic acid groups (broad SMARTS) is 1. The van der Waals surface area contributed by atoms with E-state index in [1.54, 1.807) is 36.4 Å². The van der Waals surface area contributed by atoms with Gasteiger partial charge in [-0.05, 0) is 60.4 Å². The fourth-order valence-electron chi connectivity index (χ4n) is 4.06. The normalized spacial score (nSPS) is 14.0. The van der Waals surface area contributed by atoms with Crippen LogP contribution in [0.4, 0.5) is 0 Å². The van der Waals surface area contributed by atoms with Crippen molar-refractivity contribution in [3.8, 4) is 5.75 Å².